The van der Waals surface area contributed by atoms with Gasteiger partial charge in [0.15, 0.2) is 0 Å². The molecule has 0 saturated heterocycles. The maximum absolute atomic E-state index is 10.1. The maximum Gasteiger partial charge on any atom is 2.00 e. The summed E-state index contributed by atoms with van der Waals surface area (Å²) in [6.07, 6.45) is 9.36. The fourth-order valence-electron chi connectivity index (χ4n) is 0.945. The molecule has 0 aromatic rings. The molecule has 0 radical (unpaired) electrons. The molecule has 0 spiro atoms. The zero-order valence-corrected chi connectivity index (χ0v) is 16.0. The number of rotatable bonds is 9. The van der Waals surface area contributed by atoms with Crippen LogP contribution in [-0.2, 0) is 24.0 Å². The summed E-state index contributed by atoms with van der Waals surface area (Å²) in [6, 6.07) is 0. The van der Waals surface area contributed by atoms with E-state index in [1.165, 1.54) is 32.1 Å². The third-order valence-electron chi connectivity index (χ3n) is 1.94. The summed E-state index contributed by atoms with van der Waals surface area (Å²) in [5, 5.41) is 0. The molecule has 0 bridgehead atoms. The molecule has 0 heterocycles. The monoisotopic (exact) mass is 328 g/mol. The maximum atomic E-state index is 10.1. The molecule has 0 aromatic carbocycles. The van der Waals surface area contributed by atoms with Gasteiger partial charge in [-0.3, -0.25) is 0 Å². The van der Waals surface area contributed by atoms with Gasteiger partial charge in [0.25, 0.3) is 0 Å². The van der Waals surface area contributed by atoms with Gasteiger partial charge >= 0.3 is 26.7 Å². The van der Waals surface area contributed by atoms with Crippen molar-refractivity contribution in [2.75, 3.05) is 0 Å². The van der Waals surface area contributed by atoms with Gasteiger partial charge in [0, 0.05) is 0 Å². The van der Waals surface area contributed by atoms with Gasteiger partial charge in [0.05, 0.1) is 0 Å². The van der Waals surface area contributed by atoms with Gasteiger partial charge in [-0.1, -0.05) is 68.3 Å². The van der Waals surface area contributed by atoms with E-state index in [-0.39, 0.29) is 19.5 Å². The van der Waals surface area contributed by atoms with Crippen molar-refractivity contribution in [3.05, 3.63) is 12.7 Å². The fraction of sp³-hybridized carbons (Fsp3) is 0.833. The van der Waals surface area contributed by atoms with Crippen LogP contribution in [-0.4, -0.2) is 0 Å². The molecule has 0 saturated carbocycles. The molecule has 2 nitrogen and oxygen atoms in total. The van der Waals surface area contributed by atoms with Crippen LogP contribution < -0.4 is 4.89 Å². The van der Waals surface area contributed by atoms with Crippen molar-refractivity contribution in [2.45, 2.75) is 65.2 Å². The van der Waals surface area contributed by atoms with Gasteiger partial charge in [-0.25, -0.2) is 5.75 Å². The van der Waals surface area contributed by atoms with Gasteiger partial charge in [-0.2, -0.15) is 12.8 Å². The van der Waals surface area contributed by atoms with Gasteiger partial charge < -0.3 is 11.8 Å². The predicted octanol–water partition coefficient (Wildman–Crippen LogP) is 4.88. The quantitative estimate of drug-likeness (QED) is 0.262. The number of hydrogen-bond donors (Lipinski definition) is 0. The van der Waals surface area contributed by atoms with E-state index in [1.807, 2.05) is 0 Å². The van der Waals surface area contributed by atoms with Crippen molar-refractivity contribution < 1.29 is 28.9 Å². The Morgan fingerprint density at radius 3 is 2.12 bits per heavy atom. The Kier molecular flexibility index (Phi) is 30.3. The van der Waals surface area contributed by atoms with Gasteiger partial charge in [-0.15, -0.1) is 0 Å². The van der Waals surface area contributed by atoms with Crippen LogP contribution in [0, 0.1) is 12.7 Å². The number of hydrogen-bond acceptors (Lipinski definition) is 3. The minimum atomic E-state index is -2.27. The SMILES string of the molecule is CCCCCCC[CH-]S[P+](=O)[O-].[CH2-]CCC.[Zn+2]. The van der Waals surface area contributed by atoms with Crippen LogP contribution in [0.4, 0.5) is 0 Å². The average Bonchev–Trinajstić information content (AvgIpc) is 2.28. The molecule has 5 heteroatoms. The molecule has 0 aliphatic heterocycles. The first-order valence-electron chi connectivity index (χ1n) is 6.11. The molecule has 0 fully saturated rings. The summed E-state index contributed by atoms with van der Waals surface area (Å²) in [6.45, 7) is 7.91. The van der Waals surface area contributed by atoms with Crippen molar-refractivity contribution in [1.29, 1.82) is 0 Å². The van der Waals surface area contributed by atoms with E-state index in [0.717, 1.165) is 30.6 Å². The van der Waals surface area contributed by atoms with E-state index in [4.69, 9.17) is 0 Å². The van der Waals surface area contributed by atoms with Gasteiger partial charge in [-0.05, 0) is 0 Å². The predicted molar refractivity (Wildman–Crippen MR) is 73.1 cm³/mol. The Bertz CT molecular complexity index is 146. The van der Waals surface area contributed by atoms with Crippen molar-refractivity contribution in [3.8, 4) is 0 Å². The van der Waals surface area contributed by atoms with Crippen LogP contribution in [0.15, 0.2) is 0 Å². The first-order valence-corrected chi connectivity index (χ1v) is 8.77. The van der Waals surface area contributed by atoms with Crippen LogP contribution in [0.5, 0.6) is 0 Å². The second-order valence-corrected chi connectivity index (χ2v) is 6.07. The molecule has 17 heavy (non-hydrogen) atoms. The van der Waals surface area contributed by atoms with Crippen LogP contribution in [0.3, 0.4) is 0 Å². The van der Waals surface area contributed by atoms with E-state index >= 15 is 0 Å². The molecular formula is C12H25O2PSZn. The minimum absolute atomic E-state index is 0. The summed E-state index contributed by atoms with van der Waals surface area (Å²) in [4.78, 5) is 10.1. The molecule has 0 aliphatic rings. The van der Waals surface area contributed by atoms with E-state index in [1.54, 1.807) is 5.75 Å². The summed E-state index contributed by atoms with van der Waals surface area (Å²) in [5.74, 6) is 1.78. The number of unbranched alkanes of at least 4 members (excludes halogenated alkanes) is 6. The second kappa shape index (κ2) is 22.2. The molecule has 98 valence electrons. The van der Waals surface area contributed by atoms with Crippen LogP contribution in [0.2, 0.25) is 0 Å². The summed E-state index contributed by atoms with van der Waals surface area (Å²) in [5.41, 5.74) is 0. The second-order valence-electron chi connectivity index (χ2n) is 3.55. The van der Waals surface area contributed by atoms with Gasteiger partial charge in [0.1, 0.15) is 0 Å². The molecule has 0 aromatic heterocycles. The Labute approximate surface area is 125 Å². The molecule has 1 unspecified atom stereocenters. The Morgan fingerprint density at radius 2 is 1.71 bits per heavy atom. The smallest absolute Gasteiger partial charge is 0.587 e. The summed E-state index contributed by atoms with van der Waals surface area (Å²) < 4.78 is 10.1. The van der Waals surface area contributed by atoms with E-state index in [9.17, 15) is 9.46 Å². The average molecular weight is 330 g/mol. The Morgan fingerprint density at radius 1 is 1.18 bits per heavy atom. The normalized spacial score (nSPS) is 10.0. The van der Waals surface area contributed by atoms with Crippen LogP contribution in [0.25, 0.3) is 0 Å². The molecule has 0 aliphatic carbocycles. The Balaban J connectivity index is -0.000000340. The van der Waals surface area contributed by atoms with Crippen LogP contribution in [0.1, 0.15) is 65.2 Å². The van der Waals surface area contributed by atoms with Crippen molar-refractivity contribution >= 4 is 18.6 Å². The third kappa shape index (κ3) is 31.6. The zero-order valence-electron chi connectivity index (χ0n) is 11.3. The Hall–Kier alpha value is 1.03. The van der Waals surface area contributed by atoms with Crippen molar-refractivity contribution in [3.63, 3.8) is 0 Å². The standard InChI is InChI=1S/C8H16O2PS.C4H9.Zn/c1-2-3-4-5-6-7-8-12-11(9)10;1-3-4-2;/h8H,2-7H2,1H3;1,3-4H2,2H3;/q2*-1;+2. The van der Waals surface area contributed by atoms with Crippen molar-refractivity contribution in [2.24, 2.45) is 0 Å². The molecule has 1 atom stereocenters. The van der Waals surface area contributed by atoms with E-state index in [2.05, 4.69) is 20.8 Å². The molecule has 0 rings (SSSR count). The van der Waals surface area contributed by atoms with Crippen molar-refractivity contribution in [1.82, 2.24) is 0 Å². The summed E-state index contributed by atoms with van der Waals surface area (Å²) in [7, 11) is -2.27. The first-order chi connectivity index (χ1) is 7.68. The minimum Gasteiger partial charge on any atom is -0.587 e. The third-order valence-corrected chi connectivity index (χ3v) is 3.46. The van der Waals surface area contributed by atoms with Gasteiger partial charge in [0.2, 0.25) is 0 Å². The fourth-order valence-corrected chi connectivity index (χ4v) is 2.02. The molecule has 0 amide bonds. The van der Waals surface area contributed by atoms with E-state index in [0.29, 0.717) is 0 Å². The summed E-state index contributed by atoms with van der Waals surface area (Å²) >= 11 is 0.924. The van der Waals surface area contributed by atoms with Crippen LogP contribution >= 0.6 is 18.6 Å². The zero-order chi connectivity index (χ0) is 12.6. The first kappa shape index (κ1) is 23.2. The van der Waals surface area contributed by atoms with E-state index < -0.39 is 7.23 Å². The topological polar surface area (TPSA) is 40.1 Å². The molecule has 0 N–H and O–H groups in total. The largest absolute Gasteiger partial charge is 2.00 e. The molecular weight excluding hydrogens is 305 g/mol.